The third-order valence-electron chi connectivity index (χ3n) is 7.41. The van der Waals surface area contributed by atoms with Gasteiger partial charge in [-0.2, -0.15) is 0 Å². The van der Waals surface area contributed by atoms with Crippen LogP contribution in [0.4, 0.5) is 0 Å². The number of fused-ring (bicyclic) bond motifs is 3. The van der Waals surface area contributed by atoms with Crippen LogP contribution in [0.2, 0.25) is 0 Å². The van der Waals surface area contributed by atoms with Crippen LogP contribution >= 0.6 is 0 Å². The summed E-state index contributed by atoms with van der Waals surface area (Å²) in [6, 6.07) is 11.2. The molecular weight excluding hydrogens is 372 g/mol. The molecule has 5 rings (SSSR count). The number of hydrogen-bond donors (Lipinski definition) is 0. The second-order valence-electron chi connectivity index (χ2n) is 9.60. The van der Waals surface area contributed by atoms with Crippen LogP contribution in [-0.2, 0) is 20.9 Å². The normalized spacial score (nSPS) is 23.7. The van der Waals surface area contributed by atoms with Crippen LogP contribution in [-0.4, -0.2) is 11.6 Å². The molecule has 0 spiro atoms. The number of allylic oxidation sites excluding steroid dienone is 1. The Morgan fingerprint density at radius 3 is 2.60 bits per heavy atom. The Labute approximate surface area is 178 Å². The molecule has 0 bridgehead atoms. The lowest BCUT2D eigenvalue weighted by atomic mass is 9.67. The van der Waals surface area contributed by atoms with E-state index in [0.29, 0.717) is 37.1 Å². The molecule has 1 aliphatic heterocycles. The van der Waals surface area contributed by atoms with Gasteiger partial charge in [0.05, 0.1) is 6.26 Å². The van der Waals surface area contributed by atoms with Gasteiger partial charge in [-0.1, -0.05) is 37.3 Å². The van der Waals surface area contributed by atoms with Crippen molar-refractivity contribution in [2.45, 2.75) is 64.9 Å². The Hall–Kier alpha value is -2.42. The maximum atomic E-state index is 13.5. The molecule has 0 aromatic heterocycles. The summed E-state index contributed by atoms with van der Waals surface area (Å²) in [7, 11) is 0. The van der Waals surface area contributed by atoms with E-state index in [1.165, 1.54) is 29.2 Å². The highest BCUT2D eigenvalue weighted by atomic mass is 16.5. The SMILES string of the molecule is CC(=O)CCC(C(=O)C1CCC1C)C1=COCc2ccc3cc(C4CC4)ccc3c21. The molecule has 0 amide bonds. The number of ether oxygens (including phenoxy) is 1. The first-order valence-corrected chi connectivity index (χ1v) is 11.4. The summed E-state index contributed by atoms with van der Waals surface area (Å²) in [5.74, 6) is 1.44. The van der Waals surface area contributed by atoms with Crippen LogP contribution in [0.25, 0.3) is 16.3 Å². The lowest BCUT2D eigenvalue weighted by Crippen LogP contribution is -2.36. The average Bonchev–Trinajstić information content (AvgIpc) is 3.57. The van der Waals surface area contributed by atoms with Crippen molar-refractivity contribution < 1.29 is 14.3 Å². The Balaban J connectivity index is 1.57. The summed E-state index contributed by atoms with van der Waals surface area (Å²) in [5.41, 5.74) is 4.70. The molecule has 2 fully saturated rings. The summed E-state index contributed by atoms with van der Waals surface area (Å²) in [6.45, 7) is 4.32. The molecule has 2 aromatic rings. The Bertz CT molecular complexity index is 1040. The van der Waals surface area contributed by atoms with E-state index >= 15 is 0 Å². The predicted molar refractivity (Wildman–Crippen MR) is 119 cm³/mol. The molecule has 3 aliphatic rings. The zero-order chi connectivity index (χ0) is 20.8. The fourth-order valence-electron chi connectivity index (χ4n) is 5.21. The van der Waals surface area contributed by atoms with Gasteiger partial charge in [-0.3, -0.25) is 4.79 Å². The van der Waals surface area contributed by atoms with Crippen LogP contribution < -0.4 is 0 Å². The van der Waals surface area contributed by atoms with Crippen molar-refractivity contribution in [3.05, 3.63) is 53.3 Å². The lowest BCUT2D eigenvalue weighted by molar-refractivity contribution is -0.130. The molecule has 0 saturated heterocycles. The molecule has 30 heavy (non-hydrogen) atoms. The van der Waals surface area contributed by atoms with Crippen molar-refractivity contribution in [3.63, 3.8) is 0 Å². The van der Waals surface area contributed by atoms with Gasteiger partial charge in [0, 0.05) is 23.8 Å². The van der Waals surface area contributed by atoms with Crippen molar-refractivity contribution in [1.82, 2.24) is 0 Å². The summed E-state index contributed by atoms with van der Waals surface area (Å²) in [6.07, 6.45) is 7.48. The van der Waals surface area contributed by atoms with E-state index in [1.54, 1.807) is 6.92 Å². The fraction of sp³-hybridized carbons (Fsp3) is 0.481. The highest BCUT2D eigenvalue weighted by Gasteiger charge is 2.39. The van der Waals surface area contributed by atoms with Crippen LogP contribution in [0.5, 0.6) is 0 Å². The van der Waals surface area contributed by atoms with Crippen molar-refractivity contribution in [2.24, 2.45) is 17.8 Å². The van der Waals surface area contributed by atoms with E-state index in [1.807, 2.05) is 6.26 Å². The maximum absolute atomic E-state index is 13.5. The number of rotatable bonds is 7. The van der Waals surface area contributed by atoms with Crippen molar-refractivity contribution in [1.29, 1.82) is 0 Å². The second-order valence-corrected chi connectivity index (χ2v) is 9.60. The van der Waals surface area contributed by atoms with Crippen molar-refractivity contribution in [3.8, 4) is 0 Å². The molecule has 0 N–H and O–H groups in total. The van der Waals surface area contributed by atoms with Gasteiger partial charge < -0.3 is 9.53 Å². The molecular formula is C27H30O3. The van der Waals surface area contributed by atoms with Gasteiger partial charge in [-0.25, -0.2) is 0 Å². The highest BCUT2D eigenvalue weighted by Crippen LogP contribution is 2.45. The van der Waals surface area contributed by atoms with Gasteiger partial charge in [-0.05, 0) is 78.3 Å². The molecule has 0 radical (unpaired) electrons. The van der Waals surface area contributed by atoms with Gasteiger partial charge in [0.25, 0.3) is 0 Å². The number of benzene rings is 2. The van der Waals surface area contributed by atoms with Gasteiger partial charge in [0.15, 0.2) is 0 Å². The van der Waals surface area contributed by atoms with E-state index in [4.69, 9.17) is 4.74 Å². The third kappa shape index (κ3) is 3.49. The first kappa shape index (κ1) is 19.5. The first-order chi connectivity index (χ1) is 14.5. The Kier molecular flexibility index (Phi) is 5.00. The smallest absolute Gasteiger partial charge is 0.143 e. The molecule has 3 nitrogen and oxygen atoms in total. The number of hydrogen-bond acceptors (Lipinski definition) is 3. The molecule has 156 valence electrons. The number of Topliss-reactive ketones (excluding diaryl/α,β-unsaturated/α-hetero) is 2. The van der Waals surface area contributed by atoms with Crippen LogP contribution in [0.15, 0.2) is 36.6 Å². The van der Waals surface area contributed by atoms with Gasteiger partial charge >= 0.3 is 0 Å². The average molecular weight is 403 g/mol. The Morgan fingerprint density at radius 1 is 1.10 bits per heavy atom. The predicted octanol–water partition coefficient (Wildman–Crippen LogP) is 6.19. The quantitative estimate of drug-likeness (QED) is 0.555. The van der Waals surface area contributed by atoms with Gasteiger partial charge in [-0.15, -0.1) is 0 Å². The summed E-state index contributed by atoms with van der Waals surface area (Å²) in [5, 5.41) is 2.44. The molecule has 3 heteroatoms. The number of carbonyl (C=O) groups is 2. The van der Waals surface area contributed by atoms with E-state index in [2.05, 4.69) is 37.3 Å². The van der Waals surface area contributed by atoms with E-state index in [9.17, 15) is 9.59 Å². The minimum atomic E-state index is -0.269. The standard InChI is InChI=1S/C27H30O3/c1-16-3-10-22(16)27(29)24(11-4-17(2)28)25-15-30-14-21-8-7-20-13-19(18-5-6-18)9-12-23(20)26(21)25/h7-9,12-13,15-16,18,22,24H,3-6,10-11,14H2,1-2H3. The van der Waals surface area contributed by atoms with E-state index in [-0.39, 0.29) is 17.6 Å². The molecule has 2 saturated carbocycles. The van der Waals surface area contributed by atoms with Crippen molar-refractivity contribution >= 4 is 27.9 Å². The minimum Gasteiger partial charge on any atom is -0.496 e. The summed E-state index contributed by atoms with van der Waals surface area (Å²) in [4.78, 5) is 25.3. The van der Waals surface area contributed by atoms with Gasteiger partial charge in [0.2, 0.25) is 0 Å². The van der Waals surface area contributed by atoms with Gasteiger partial charge in [0.1, 0.15) is 18.2 Å². The molecule has 3 unspecified atom stereocenters. The van der Waals surface area contributed by atoms with Crippen LogP contribution in [0, 0.1) is 17.8 Å². The molecule has 3 atom stereocenters. The third-order valence-corrected chi connectivity index (χ3v) is 7.41. The zero-order valence-electron chi connectivity index (χ0n) is 17.9. The number of ketones is 2. The topological polar surface area (TPSA) is 43.4 Å². The van der Waals surface area contributed by atoms with Crippen LogP contribution in [0.3, 0.4) is 0 Å². The van der Waals surface area contributed by atoms with E-state index < -0.39 is 0 Å². The highest BCUT2D eigenvalue weighted by molar-refractivity contribution is 6.03. The fourth-order valence-corrected chi connectivity index (χ4v) is 5.21. The molecule has 2 aromatic carbocycles. The zero-order valence-corrected chi connectivity index (χ0v) is 17.9. The van der Waals surface area contributed by atoms with E-state index in [0.717, 1.165) is 29.5 Å². The summed E-state index contributed by atoms with van der Waals surface area (Å²) >= 11 is 0. The molecule has 2 aliphatic carbocycles. The van der Waals surface area contributed by atoms with Crippen molar-refractivity contribution in [2.75, 3.05) is 0 Å². The summed E-state index contributed by atoms with van der Waals surface area (Å²) < 4.78 is 5.83. The monoisotopic (exact) mass is 402 g/mol. The maximum Gasteiger partial charge on any atom is 0.143 e. The Morgan fingerprint density at radius 2 is 1.93 bits per heavy atom. The molecule has 1 heterocycles. The largest absolute Gasteiger partial charge is 0.496 e. The first-order valence-electron chi connectivity index (χ1n) is 11.4. The second kappa shape index (κ2) is 7.68. The number of carbonyl (C=O) groups excluding carboxylic acids is 2. The van der Waals surface area contributed by atoms with Crippen LogP contribution in [0.1, 0.15) is 75.0 Å². The minimum absolute atomic E-state index is 0.115. The lowest BCUT2D eigenvalue weighted by Gasteiger charge is -2.36.